The lowest BCUT2D eigenvalue weighted by Crippen LogP contribution is -2.01. The highest BCUT2D eigenvalue weighted by atomic mass is 19.3. The second-order valence-corrected chi connectivity index (χ2v) is 3.35. The molecule has 16 heavy (non-hydrogen) atoms. The van der Waals surface area contributed by atoms with Crippen molar-refractivity contribution in [2.75, 3.05) is 0 Å². The lowest BCUT2D eigenvalue weighted by atomic mass is 10.1. The van der Waals surface area contributed by atoms with Gasteiger partial charge >= 0.3 is 5.97 Å². The van der Waals surface area contributed by atoms with E-state index in [-0.39, 0.29) is 17.5 Å². The molecule has 1 heterocycles. The molecule has 2 N–H and O–H groups in total. The first kappa shape index (κ1) is 10.5. The van der Waals surface area contributed by atoms with Crippen molar-refractivity contribution in [1.82, 2.24) is 9.97 Å². The van der Waals surface area contributed by atoms with Crippen molar-refractivity contribution in [3.63, 3.8) is 0 Å². The van der Waals surface area contributed by atoms with Gasteiger partial charge in [0, 0.05) is 5.56 Å². The number of imidazole rings is 1. The van der Waals surface area contributed by atoms with Gasteiger partial charge in [-0.1, -0.05) is 0 Å². The first-order chi connectivity index (χ1) is 7.58. The number of hydrogen-bond donors (Lipinski definition) is 2. The molecule has 0 amide bonds. The van der Waals surface area contributed by atoms with Gasteiger partial charge in [0.15, 0.2) is 0 Å². The van der Waals surface area contributed by atoms with E-state index in [2.05, 4.69) is 9.97 Å². The van der Waals surface area contributed by atoms with Crippen LogP contribution in [0, 0.1) is 0 Å². The number of hydrogen-bond acceptors (Lipinski definition) is 2. The molecule has 0 bridgehead atoms. The van der Waals surface area contributed by atoms with Crippen molar-refractivity contribution in [2.24, 2.45) is 0 Å². The smallest absolute Gasteiger partial charge is 0.307 e. The summed E-state index contributed by atoms with van der Waals surface area (Å²) in [7, 11) is 0. The maximum Gasteiger partial charge on any atom is 0.307 e. The fourth-order valence-corrected chi connectivity index (χ4v) is 1.58. The number of carbonyl (C=O) groups is 1. The average Bonchev–Trinajstić information content (AvgIpc) is 2.62. The zero-order valence-corrected chi connectivity index (χ0v) is 8.08. The summed E-state index contributed by atoms with van der Waals surface area (Å²) < 4.78 is 25.4. The molecule has 0 saturated heterocycles. The number of alkyl halides is 2. The zero-order valence-electron chi connectivity index (χ0n) is 8.08. The summed E-state index contributed by atoms with van der Waals surface area (Å²) in [6.07, 6.45) is -1.64. The molecule has 0 atom stereocenters. The Balaban J connectivity index is 2.57. The van der Waals surface area contributed by atoms with Gasteiger partial charge in [-0.25, -0.2) is 13.8 Å². The van der Waals surface area contributed by atoms with Crippen LogP contribution in [-0.4, -0.2) is 21.0 Å². The van der Waals surface area contributed by atoms with Gasteiger partial charge in [0.25, 0.3) is 6.43 Å². The molecule has 0 aliphatic heterocycles. The van der Waals surface area contributed by atoms with Crippen LogP contribution >= 0.6 is 0 Å². The third kappa shape index (κ3) is 1.86. The quantitative estimate of drug-likeness (QED) is 0.842. The van der Waals surface area contributed by atoms with E-state index in [1.165, 1.54) is 18.5 Å². The first-order valence-electron chi connectivity index (χ1n) is 4.54. The molecule has 6 heteroatoms. The predicted octanol–water partition coefficient (Wildman–Crippen LogP) is 2.13. The third-order valence-electron chi connectivity index (χ3n) is 2.20. The van der Waals surface area contributed by atoms with Gasteiger partial charge in [-0.15, -0.1) is 0 Å². The molecule has 0 spiro atoms. The lowest BCUT2D eigenvalue weighted by Gasteiger charge is -2.04. The molecule has 84 valence electrons. The van der Waals surface area contributed by atoms with Crippen molar-refractivity contribution < 1.29 is 18.7 Å². The molecule has 0 fully saturated rings. The van der Waals surface area contributed by atoms with Crippen LogP contribution in [0.25, 0.3) is 11.0 Å². The normalized spacial score (nSPS) is 11.2. The van der Waals surface area contributed by atoms with Crippen molar-refractivity contribution in [2.45, 2.75) is 12.8 Å². The van der Waals surface area contributed by atoms with Crippen LogP contribution in [0.5, 0.6) is 0 Å². The number of halogens is 2. The van der Waals surface area contributed by atoms with Crippen molar-refractivity contribution in [3.05, 3.63) is 29.6 Å². The van der Waals surface area contributed by atoms with E-state index >= 15 is 0 Å². The molecular formula is C10H8F2N2O2. The Kier molecular flexibility index (Phi) is 2.55. The van der Waals surface area contributed by atoms with E-state index in [0.717, 1.165) is 0 Å². The molecular weight excluding hydrogens is 218 g/mol. The highest BCUT2D eigenvalue weighted by molar-refractivity contribution is 5.81. The number of aliphatic carboxylic acids is 1. The Morgan fingerprint density at radius 1 is 1.50 bits per heavy atom. The minimum atomic E-state index is -2.67. The zero-order chi connectivity index (χ0) is 11.7. The number of benzene rings is 1. The largest absolute Gasteiger partial charge is 0.481 e. The first-order valence-corrected chi connectivity index (χ1v) is 4.54. The standard InChI is InChI=1S/C10H8F2N2O2/c11-10(12)6-1-5(3-8(15)16)2-7-9(6)14-4-13-7/h1-2,4,10H,3H2,(H,13,14)(H,15,16). The van der Waals surface area contributed by atoms with Gasteiger partial charge in [-0.3, -0.25) is 4.79 Å². The van der Waals surface area contributed by atoms with Gasteiger partial charge in [-0.2, -0.15) is 0 Å². The summed E-state index contributed by atoms with van der Waals surface area (Å²) in [4.78, 5) is 17.0. The Morgan fingerprint density at radius 2 is 2.25 bits per heavy atom. The highest BCUT2D eigenvalue weighted by Gasteiger charge is 2.15. The Hall–Kier alpha value is -1.98. The second kappa shape index (κ2) is 3.88. The van der Waals surface area contributed by atoms with Gasteiger partial charge in [-0.05, 0) is 17.7 Å². The Morgan fingerprint density at radius 3 is 2.88 bits per heavy atom. The monoisotopic (exact) mass is 226 g/mol. The molecule has 1 aromatic carbocycles. The van der Waals surface area contributed by atoms with E-state index < -0.39 is 12.4 Å². The predicted molar refractivity (Wildman–Crippen MR) is 52.4 cm³/mol. The maximum atomic E-state index is 12.7. The van der Waals surface area contributed by atoms with Crippen LogP contribution in [0.4, 0.5) is 8.78 Å². The number of aromatic nitrogens is 2. The number of aromatic amines is 1. The number of carboxylic acid groups (broad SMARTS) is 1. The maximum absolute atomic E-state index is 12.7. The van der Waals surface area contributed by atoms with Gasteiger partial charge in [0.1, 0.15) is 0 Å². The molecule has 0 saturated carbocycles. The van der Waals surface area contributed by atoms with Crippen LogP contribution in [0.15, 0.2) is 18.5 Å². The van der Waals surface area contributed by atoms with Crippen LogP contribution < -0.4 is 0 Å². The number of nitrogens with zero attached hydrogens (tertiary/aromatic N) is 1. The molecule has 2 aromatic rings. The molecule has 0 radical (unpaired) electrons. The van der Waals surface area contributed by atoms with E-state index in [9.17, 15) is 13.6 Å². The summed E-state index contributed by atoms with van der Waals surface area (Å²) >= 11 is 0. The Bertz CT molecular complexity index is 537. The van der Waals surface area contributed by atoms with Crippen molar-refractivity contribution >= 4 is 17.0 Å². The van der Waals surface area contributed by atoms with Crippen LogP contribution in [0.3, 0.4) is 0 Å². The molecule has 4 nitrogen and oxygen atoms in total. The molecule has 0 unspecified atom stereocenters. The molecule has 1 aromatic heterocycles. The molecule has 2 rings (SSSR count). The highest BCUT2D eigenvalue weighted by Crippen LogP contribution is 2.27. The summed E-state index contributed by atoms with van der Waals surface area (Å²) in [6.45, 7) is 0. The number of fused-ring (bicyclic) bond motifs is 1. The lowest BCUT2D eigenvalue weighted by molar-refractivity contribution is -0.136. The van der Waals surface area contributed by atoms with Gasteiger partial charge < -0.3 is 10.1 Å². The number of H-pyrrole nitrogens is 1. The number of carboxylic acids is 1. The Labute approximate surface area is 88.9 Å². The fourth-order valence-electron chi connectivity index (χ4n) is 1.58. The van der Waals surface area contributed by atoms with Crippen LogP contribution in [0.1, 0.15) is 17.6 Å². The summed E-state index contributed by atoms with van der Waals surface area (Å²) in [5.74, 6) is -1.06. The third-order valence-corrected chi connectivity index (χ3v) is 2.20. The van der Waals surface area contributed by atoms with Crippen LogP contribution in [-0.2, 0) is 11.2 Å². The topological polar surface area (TPSA) is 66.0 Å². The van der Waals surface area contributed by atoms with E-state index in [4.69, 9.17) is 5.11 Å². The van der Waals surface area contributed by atoms with E-state index in [1.54, 1.807) is 0 Å². The summed E-state index contributed by atoms with van der Waals surface area (Å²) in [6, 6.07) is 2.70. The van der Waals surface area contributed by atoms with Crippen molar-refractivity contribution in [3.8, 4) is 0 Å². The average molecular weight is 226 g/mol. The van der Waals surface area contributed by atoms with Crippen molar-refractivity contribution in [1.29, 1.82) is 0 Å². The molecule has 0 aliphatic rings. The SMILES string of the molecule is O=C(O)Cc1cc(C(F)F)c2nc[nH]c2c1. The minimum Gasteiger partial charge on any atom is -0.481 e. The number of rotatable bonds is 3. The summed E-state index contributed by atoms with van der Waals surface area (Å²) in [5.41, 5.74) is 0.702. The minimum absolute atomic E-state index is 0.184. The van der Waals surface area contributed by atoms with Gasteiger partial charge in [0.05, 0.1) is 23.8 Å². The fraction of sp³-hybridized carbons (Fsp3) is 0.200. The molecule has 0 aliphatic carbocycles. The van der Waals surface area contributed by atoms with Gasteiger partial charge in [0.2, 0.25) is 0 Å². The second-order valence-electron chi connectivity index (χ2n) is 3.35. The van der Waals surface area contributed by atoms with Crippen LogP contribution in [0.2, 0.25) is 0 Å². The summed E-state index contributed by atoms with van der Waals surface area (Å²) in [5, 5.41) is 8.61. The van der Waals surface area contributed by atoms with E-state index in [0.29, 0.717) is 11.1 Å². The van der Waals surface area contributed by atoms with E-state index in [1.807, 2.05) is 0 Å². The number of nitrogens with one attached hydrogen (secondary N) is 1.